The van der Waals surface area contributed by atoms with Gasteiger partial charge in [0.2, 0.25) is 5.91 Å². The van der Waals surface area contributed by atoms with Crippen LogP contribution in [0.1, 0.15) is 29.5 Å². The summed E-state index contributed by atoms with van der Waals surface area (Å²) in [6.45, 7) is 3.58. The van der Waals surface area contributed by atoms with Crippen molar-refractivity contribution in [1.82, 2.24) is 10.9 Å². The minimum absolute atomic E-state index is 0.321. The van der Waals surface area contributed by atoms with Gasteiger partial charge in [0, 0.05) is 0 Å². The number of benzene rings is 3. The molecule has 0 aliphatic carbocycles. The maximum Gasteiger partial charge on any atom is 0.279 e. The summed E-state index contributed by atoms with van der Waals surface area (Å²) in [7, 11) is 0. The maximum absolute atomic E-state index is 12.9. The Morgan fingerprint density at radius 1 is 0.759 bits per heavy atom. The molecule has 5 nitrogen and oxygen atoms in total. The van der Waals surface area contributed by atoms with E-state index in [1.54, 1.807) is 13.0 Å². The number of aryl methyl sites for hydroxylation is 1. The SMILES string of the molecule is Cc1cccc(OC(C)C(=O)NNC(=O)C(c2ccccc2)c2ccccc2)c1. The van der Waals surface area contributed by atoms with E-state index >= 15 is 0 Å². The number of hydrazine groups is 1. The summed E-state index contributed by atoms with van der Waals surface area (Å²) in [4.78, 5) is 25.3. The predicted octanol–water partition coefficient (Wildman–Crippen LogP) is 3.74. The van der Waals surface area contributed by atoms with Gasteiger partial charge in [0.1, 0.15) is 5.75 Å². The highest BCUT2D eigenvalue weighted by Crippen LogP contribution is 2.24. The van der Waals surface area contributed by atoms with Crippen molar-refractivity contribution in [3.05, 3.63) is 102 Å². The minimum Gasteiger partial charge on any atom is -0.481 e. The first kappa shape index (κ1) is 20.1. The molecule has 0 bridgehead atoms. The van der Waals surface area contributed by atoms with E-state index < -0.39 is 17.9 Å². The molecule has 29 heavy (non-hydrogen) atoms. The molecular formula is C24H24N2O3. The van der Waals surface area contributed by atoms with E-state index in [1.807, 2.05) is 85.8 Å². The Labute approximate surface area is 170 Å². The molecule has 3 aromatic rings. The number of amides is 2. The molecule has 1 unspecified atom stereocenters. The van der Waals surface area contributed by atoms with E-state index in [0.29, 0.717) is 5.75 Å². The Balaban J connectivity index is 1.66. The highest BCUT2D eigenvalue weighted by Gasteiger charge is 2.24. The smallest absolute Gasteiger partial charge is 0.279 e. The molecule has 1 atom stereocenters. The Kier molecular flexibility index (Phi) is 6.63. The normalized spacial score (nSPS) is 11.6. The lowest BCUT2D eigenvalue weighted by atomic mass is 9.91. The van der Waals surface area contributed by atoms with Gasteiger partial charge in [0.05, 0.1) is 5.92 Å². The molecule has 5 heteroatoms. The molecule has 0 aromatic heterocycles. The molecule has 0 saturated carbocycles. The fraction of sp³-hybridized carbons (Fsp3) is 0.167. The van der Waals surface area contributed by atoms with Crippen LogP contribution in [0.25, 0.3) is 0 Å². The number of ether oxygens (including phenoxy) is 1. The Hall–Kier alpha value is -3.60. The number of hydrogen-bond donors (Lipinski definition) is 2. The van der Waals surface area contributed by atoms with Crippen molar-refractivity contribution >= 4 is 11.8 Å². The third kappa shape index (κ3) is 5.45. The molecule has 0 aliphatic rings. The van der Waals surface area contributed by atoms with Crippen LogP contribution in [0, 0.1) is 6.92 Å². The first-order valence-electron chi connectivity index (χ1n) is 9.47. The molecule has 0 fully saturated rings. The van der Waals surface area contributed by atoms with Gasteiger partial charge in [0.25, 0.3) is 5.91 Å². The summed E-state index contributed by atoms with van der Waals surface area (Å²) in [5, 5.41) is 0. The van der Waals surface area contributed by atoms with Gasteiger partial charge in [-0.3, -0.25) is 20.4 Å². The van der Waals surface area contributed by atoms with Crippen LogP contribution in [0.3, 0.4) is 0 Å². The van der Waals surface area contributed by atoms with E-state index in [4.69, 9.17) is 4.74 Å². The van der Waals surface area contributed by atoms with Crippen molar-refractivity contribution < 1.29 is 14.3 Å². The first-order valence-corrected chi connectivity index (χ1v) is 9.47. The zero-order valence-electron chi connectivity index (χ0n) is 16.5. The molecule has 0 heterocycles. The monoisotopic (exact) mass is 388 g/mol. The molecule has 148 valence electrons. The number of carbonyl (C=O) groups excluding carboxylic acids is 2. The van der Waals surface area contributed by atoms with Crippen LogP contribution in [-0.2, 0) is 9.59 Å². The standard InChI is InChI=1S/C24H24N2O3/c1-17-10-9-15-21(16-17)29-18(2)23(27)25-26-24(28)22(19-11-5-3-6-12-19)20-13-7-4-8-14-20/h3-16,18,22H,1-2H3,(H,25,27)(H,26,28). The molecular weight excluding hydrogens is 364 g/mol. The lowest BCUT2D eigenvalue weighted by molar-refractivity contribution is -0.133. The van der Waals surface area contributed by atoms with Crippen LogP contribution in [0.15, 0.2) is 84.9 Å². The van der Waals surface area contributed by atoms with E-state index in [-0.39, 0.29) is 5.91 Å². The number of rotatable bonds is 6. The van der Waals surface area contributed by atoms with Crippen molar-refractivity contribution in [2.45, 2.75) is 25.9 Å². The highest BCUT2D eigenvalue weighted by atomic mass is 16.5. The zero-order valence-corrected chi connectivity index (χ0v) is 16.5. The molecule has 0 spiro atoms. The molecule has 0 saturated heterocycles. The molecule has 2 amide bonds. The molecule has 0 radical (unpaired) electrons. The summed E-state index contributed by atoms with van der Waals surface area (Å²) in [5.41, 5.74) is 7.74. The van der Waals surface area contributed by atoms with Crippen molar-refractivity contribution in [1.29, 1.82) is 0 Å². The molecule has 2 N–H and O–H groups in total. The van der Waals surface area contributed by atoms with E-state index in [2.05, 4.69) is 10.9 Å². The zero-order chi connectivity index (χ0) is 20.6. The summed E-state index contributed by atoms with van der Waals surface area (Å²) >= 11 is 0. The Bertz CT molecular complexity index is 919. The highest BCUT2D eigenvalue weighted by molar-refractivity contribution is 5.90. The second-order valence-corrected chi connectivity index (χ2v) is 6.81. The topological polar surface area (TPSA) is 67.4 Å². The van der Waals surface area contributed by atoms with Gasteiger partial charge in [0.15, 0.2) is 6.10 Å². The Morgan fingerprint density at radius 3 is 1.86 bits per heavy atom. The van der Waals surface area contributed by atoms with Gasteiger partial charge in [-0.2, -0.15) is 0 Å². The molecule has 3 aromatic carbocycles. The van der Waals surface area contributed by atoms with E-state index in [0.717, 1.165) is 16.7 Å². The van der Waals surface area contributed by atoms with Crippen LogP contribution < -0.4 is 15.6 Å². The summed E-state index contributed by atoms with van der Waals surface area (Å²) in [5.74, 6) is -0.686. The fourth-order valence-electron chi connectivity index (χ4n) is 3.03. The van der Waals surface area contributed by atoms with E-state index in [9.17, 15) is 9.59 Å². The largest absolute Gasteiger partial charge is 0.481 e. The fourth-order valence-corrected chi connectivity index (χ4v) is 3.03. The van der Waals surface area contributed by atoms with Gasteiger partial charge in [-0.1, -0.05) is 72.8 Å². The van der Waals surface area contributed by atoms with Crippen LogP contribution in [-0.4, -0.2) is 17.9 Å². The summed E-state index contributed by atoms with van der Waals surface area (Å²) < 4.78 is 5.66. The third-order valence-electron chi connectivity index (χ3n) is 4.51. The first-order chi connectivity index (χ1) is 14.0. The molecule has 0 aliphatic heterocycles. The van der Waals surface area contributed by atoms with Crippen LogP contribution in [0.4, 0.5) is 0 Å². The van der Waals surface area contributed by atoms with Crippen molar-refractivity contribution in [3.63, 3.8) is 0 Å². The van der Waals surface area contributed by atoms with Crippen molar-refractivity contribution in [3.8, 4) is 5.75 Å². The lowest BCUT2D eigenvalue weighted by Crippen LogP contribution is -2.48. The number of hydrogen-bond acceptors (Lipinski definition) is 3. The quantitative estimate of drug-likeness (QED) is 0.632. The lowest BCUT2D eigenvalue weighted by Gasteiger charge is -2.20. The van der Waals surface area contributed by atoms with Crippen LogP contribution >= 0.6 is 0 Å². The van der Waals surface area contributed by atoms with Crippen molar-refractivity contribution in [2.24, 2.45) is 0 Å². The number of carbonyl (C=O) groups is 2. The van der Waals surface area contributed by atoms with Gasteiger partial charge >= 0.3 is 0 Å². The van der Waals surface area contributed by atoms with Gasteiger partial charge in [-0.15, -0.1) is 0 Å². The van der Waals surface area contributed by atoms with Crippen LogP contribution in [0.2, 0.25) is 0 Å². The van der Waals surface area contributed by atoms with Crippen molar-refractivity contribution in [2.75, 3.05) is 0 Å². The van der Waals surface area contributed by atoms with Gasteiger partial charge in [-0.25, -0.2) is 0 Å². The molecule has 3 rings (SSSR count). The Morgan fingerprint density at radius 2 is 1.31 bits per heavy atom. The van der Waals surface area contributed by atoms with Crippen LogP contribution in [0.5, 0.6) is 5.75 Å². The minimum atomic E-state index is -0.760. The number of nitrogens with one attached hydrogen (secondary N) is 2. The summed E-state index contributed by atoms with van der Waals surface area (Å²) in [6, 6.07) is 26.3. The van der Waals surface area contributed by atoms with Gasteiger partial charge < -0.3 is 4.74 Å². The second kappa shape index (κ2) is 9.55. The average Bonchev–Trinajstić information content (AvgIpc) is 2.74. The third-order valence-corrected chi connectivity index (χ3v) is 4.51. The predicted molar refractivity (Wildman–Crippen MR) is 112 cm³/mol. The van der Waals surface area contributed by atoms with Gasteiger partial charge in [-0.05, 0) is 42.7 Å². The second-order valence-electron chi connectivity index (χ2n) is 6.81. The van der Waals surface area contributed by atoms with E-state index in [1.165, 1.54) is 0 Å². The maximum atomic E-state index is 12.9. The summed E-state index contributed by atoms with van der Waals surface area (Å²) in [6.07, 6.45) is -0.760. The average molecular weight is 388 g/mol.